The summed E-state index contributed by atoms with van der Waals surface area (Å²) in [6, 6.07) is 18.0. The number of likely N-dealkylation sites (N-methyl/N-ethyl adjacent to an activating group) is 1. The summed E-state index contributed by atoms with van der Waals surface area (Å²) in [7, 11) is 1.63. The molecule has 2 aromatic carbocycles. The van der Waals surface area contributed by atoms with Crippen LogP contribution in [0, 0.1) is 0 Å². The lowest BCUT2D eigenvalue weighted by Crippen LogP contribution is -2.35. The smallest absolute Gasteiger partial charge is 0.321 e. The minimum absolute atomic E-state index is 0.0238. The minimum atomic E-state index is -0.0530. The summed E-state index contributed by atoms with van der Waals surface area (Å²) in [5.41, 5.74) is 3.05. The van der Waals surface area contributed by atoms with Crippen LogP contribution >= 0.6 is 0 Å². The van der Waals surface area contributed by atoms with Gasteiger partial charge in [0, 0.05) is 25.8 Å². The first-order chi connectivity index (χ1) is 13.2. The summed E-state index contributed by atoms with van der Waals surface area (Å²) in [4.78, 5) is 26.0. The zero-order chi connectivity index (χ0) is 19.1. The maximum absolute atomic E-state index is 12.6. The highest BCUT2D eigenvalue weighted by molar-refractivity contribution is 5.89. The van der Waals surface area contributed by atoms with Gasteiger partial charge in [-0.25, -0.2) is 4.79 Å². The third-order valence-corrected chi connectivity index (χ3v) is 5.14. The van der Waals surface area contributed by atoms with Crippen LogP contribution in [0.5, 0.6) is 0 Å². The Morgan fingerprint density at radius 1 is 1.00 bits per heavy atom. The Hall–Kier alpha value is -2.82. The van der Waals surface area contributed by atoms with Crippen LogP contribution in [0.3, 0.4) is 0 Å². The molecule has 2 aromatic rings. The van der Waals surface area contributed by atoms with Crippen LogP contribution in [0.4, 0.5) is 10.5 Å². The average molecular weight is 365 g/mol. The molecular weight excluding hydrogens is 338 g/mol. The molecule has 0 saturated carbocycles. The van der Waals surface area contributed by atoms with Gasteiger partial charge in [0.2, 0.25) is 5.91 Å². The van der Waals surface area contributed by atoms with E-state index in [1.54, 1.807) is 7.05 Å². The molecule has 3 amide bonds. The molecule has 0 radical (unpaired) electrons. The van der Waals surface area contributed by atoms with Crippen molar-refractivity contribution in [2.45, 2.75) is 31.6 Å². The molecule has 2 N–H and O–H groups in total. The molecule has 1 heterocycles. The van der Waals surface area contributed by atoms with Crippen molar-refractivity contribution in [3.05, 3.63) is 65.7 Å². The Kier molecular flexibility index (Phi) is 6.47. The van der Waals surface area contributed by atoms with Crippen LogP contribution in [-0.2, 0) is 11.2 Å². The van der Waals surface area contributed by atoms with E-state index in [4.69, 9.17) is 0 Å². The molecule has 27 heavy (non-hydrogen) atoms. The SMILES string of the molecule is CNC(=O)Cc1ccc(NC(=O)N2CCC[C@H](c3ccccc3)CC2)cc1. The van der Waals surface area contributed by atoms with E-state index in [2.05, 4.69) is 34.9 Å². The Morgan fingerprint density at radius 2 is 1.74 bits per heavy atom. The highest BCUT2D eigenvalue weighted by atomic mass is 16.2. The summed E-state index contributed by atoms with van der Waals surface area (Å²) in [5.74, 6) is 0.498. The lowest BCUT2D eigenvalue weighted by molar-refractivity contribution is -0.119. The second-order valence-electron chi connectivity index (χ2n) is 7.00. The summed E-state index contributed by atoms with van der Waals surface area (Å²) < 4.78 is 0. The zero-order valence-corrected chi connectivity index (χ0v) is 15.8. The van der Waals surface area contributed by atoms with Crippen molar-refractivity contribution in [1.82, 2.24) is 10.2 Å². The Morgan fingerprint density at radius 3 is 2.44 bits per heavy atom. The molecule has 1 aliphatic heterocycles. The number of likely N-dealkylation sites (tertiary alicyclic amines) is 1. The molecule has 1 atom stereocenters. The molecule has 0 unspecified atom stereocenters. The third-order valence-electron chi connectivity index (χ3n) is 5.14. The van der Waals surface area contributed by atoms with Crippen molar-refractivity contribution in [3.8, 4) is 0 Å². The fourth-order valence-corrected chi connectivity index (χ4v) is 3.54. The number of rotatable bonds is 4. The van der Waals surface area contributed by atoms with E-state index in [-0.39, 0.29) is 11.9 Å². The van der Waals surface area contributed by atoms with Crippen LogP contribution in [0.25, 0.3) is 0 Å². The van der Waals surface area contributed by atoms with E-state index in [1.165, 1.54) is 5.56 Å². The number of hydrogen-bond donors (Lipinski definition) is 2. The standard InChI is InChI=1S/C22H27N3O2/c1-23-21(26)16-17-9-11-20(12-10-17)24-22(27)25-14-5-8-19(13-15-25)18-6-3-2-4-7-18/h2-4,6-7,9-12,19H,5,8,13-16H2,1H3,(H,23,26)(H,24,27)/t19-/m0/s1. The highest BCUT2D eigenvalue weighted by Crippen LogP contribution is 2.28. The van der Waals surface area contributed by atoms with Crippen molar-refractivity contribution < 1.29 is 9.59 Å². The van der Waals surface area contributed by atoms with Crippen molar-refractivity contribution in [2.24, 2.45) is 0 Å². The van der Waals surface area contributed by atoms with Gasteiger partial charge >= 0.3 is 6.03 Å². The number of hydrogen-bond acceptors (Lipinski definition) is 2. The molecule has 142 valence electrons. The number of nitrogens with one attached hydrogen (secondary N) is 2. The quantitative estimate of drug-likeness (QED) is 0.866. The average Bonchev–Trinajstić information content (AvgIpc) is 2.96. The molecule has 0 aliphatic carbocycles. The molecule has 1 fully saturated rings. The predicted molar refractivity (Wildman–Crippen MR) is 108 cm³/mol. The van der Waals surface area contributed by atoms with Crippen LogP contribution in [0.2, 0.25) is 0 Å². The topological polar surface area (TPSA) is 61.4 Å². The first kappa shape index (κ1) is 19.0. The number of urea groups is 1. The van der Waals surface area contributed by atoms with Gasteiger partial charge < -0.3 is 15.5 Å². The van der Waals surface area contributed by atoms with Gasteiger partial charge in [0.1, 0.15) is 0 Å². The van der Waals surface area contributed by atoms with E-state index in [1.807, 2.05) is 35.2 Å². The molecule has 1 saturated heterocycles. The number of anilines is 1. The van der Waals surface area contributed by atoms with E-state index in [0.717, 1.165) is 43.6 Å². The molecule has 5 heteroatoms. The molecular formula is C22H27N3O2. The monoisotopic (exact) mass is 365 g/mol. The van der Waals surface area contributed by atoms with E-state index < -0.39 is 0 Å². The van der Waals surface area contributed by atoms with E-state index >= 15 is 0 Å². The van der Waals surface area contributed by atoms with E-state index in [0.29, 0.717) is 12.3 Å². The molecule has 0 bridgehead atoms. The molecule has 1 aliphatic rings. The Bertz CT molecular complexity index is 759. The van der Waals surface area contributed by atoms with Crippen LogP contribution in [0.15, 0.2) is 54.6 Å². The van der Waals surface area contributed by atoms with Gasteiger partial charge in [-0.3, -0.25) is 4.79 Å². The summed E-state index contributed by atoms with van der Waals surface area (Å²) >= 11 is 0. The van der Waals surface area contributed by atoms with Crippen molar-refractivity contribution in [3.63, 3.8) is 0 Å². The Balaban J connectivity index is 1.54. The lowest BCUT2D eigenvalue weighted by atomic mass is 9.92. The number of nitrogens with zero attached hydrogens (tertiary/aromatic N) is 1. The van der Waals surface area contributed by atoms with Crippen LogP contribution < -0.4 is 10.6 Å². The van der Waals surface area contributed by atoms with Gasteiger partial charge in [0.25, 0.3) is 0 Å². The maximum Gasteiger partial charge on any atom is 0.321 e. The summed E-state index contributed by atoms with van der Waals surface area (Å²) in [6.45, 7) is 1.55. The summed E-state index contributed by atoms with van der Waals surface area (Å²) in [5, 5.41) is 5.58. The van der Waals surface area contributed by atoms with Gasteiger partial charge in [-0.2, -0.15) is 0 Å². The normalized spacial score (nSPS) is 17.1. The van der Waals surface area contributed by atoms with Crippen molar-refractivity contribution >= 4 is 17.6 Å². The molecule has 3 rings (SSSR count). The van der Waals surface area contributed by atoms with Gasteiger partial charge in [-0.15, -0.1) is 0 Å². The fourth-order valence-electron chi connectivity index (χ4n) is 3.54. The fraction of sp³-hybridized carbons (Fsp3) is 0.364. The lowest BCUT2D eigenvalue weighted by Gasteiger charge is -2.21. The minimum Gasteiger partial charge on any atom is -0.359 e. The third kappa shape index (κ3) is 5.33. The van der Waals surface area contributed by atoms with Gasteiger partial charge in [0.05, 0.1) is 6.42 Å². The number of amides is 3. The second-order valence-corrected chi connectivity index (χ2v) is 7.00. The van der Waals surface area contributed by atoms with Crippen molar-refractivity contribution in [2.75, 3.05) is 25.5 Å². The first-order valence-corrected chi connectivity index (χ1v) is 9.56. The molecule has 0 aromatic heterocycles. The number of benzene rings is 2. The summed E-state index contributed by atoms with van der Waals surface area (Å²) in [6.07, 6.45) is 3.46. The van der Waals surface area contributed by atoms with E-state index in [9.17, 15) is 9.59 Å². The Labute approximate surface area is 160 Å². The predicted octanol–water partition coefficient (Wildman–Crippen LogP) is 3.78. The van der Waals surface area contributed by atoms with Gasteiger partial charge in [-0.1, -0.05) is 42.5 Å². The second kappa shape index (κ2) is 9.21. The number of carbonyl (C=O) groups is 2. The zero-order valence-electron chi connectivity index (χ0n) is 15.8. The van der Waals surface area contributed by atoms with Gasteiger partial charge in [0.15, 0.2) is 0 Å². The van der Waals surface area contributed by atoms with Gasteiger partial charge in [-0.05, 0) is 48.4 Å². The van der Waals surface area contributed by atoms with Crippen LogP contribution in [0.1, 0.15) is 36.3 Å². The highest BCUT2D eigenvalue weighted by Gasteiger charge is 2.21. The van der Waals surface area contributed by atoms with Crippen LogP contribution in [-0.4, -0.2) is 37.0 Å². The first-order valence-electron chi connectivity index (χ1n) is 9.56. The molecule has 0 spiro atoms. The maximum atomic E-state index is 12.6. The van der Waals surface area contributed by atoms with Crippen molar-refractivity contribution in [1.29, 1.82) is 0 Å². The largest absolute Gasteiger partial charge is 0.359 e. The number of carbonyl (C=O) groups excluding carboxylic acids is 2. The molecule has 5 nitrogen and oxygen atoms in total.